The summed E-state index contributed by atoms with van der Waals surface area (Å²) in [6, 6.07) is 24.9. The van der Waals surface area contributed by atoms with Crippen LogP contribution >= 0.6 is 11.3 Å². The first-order valence-electron chi connectivity index (χ1n) is 12.8. The number of aromatic nitrogens is 1. The summed E-state index contributed by atoms with van der Waals surface area (Å²) >= 11 is 1.77. The van der Waals surface area contributed by atoms with E-state index in [1.165, 1.54) is 20.2 Å². The average Bonchev–Trinajstić information content (AvgIpc) is 3.62. The third-order valence-electron chi connectivity index (χ3n) is 8.16. The van der Waals surface area contributed by atoms with E-state index in [4.69, 9.17) is 23.1 Å². The lowest BCUT2D eigenvalue weighted by Crippen LogP contribution is -2.41. The number of furan rings is 1. The number of rotatable bonds is 2. The van der Waals surface area contributed by atoms with E-state index in [2.05, 4.69) is 82.3 Å². The maximum Gasteiger partial charge on any atom is 0.494 e. The number of thiophene rings is 1. The van der Waals surface area contributed by atoms with Gasteiger partial charge in [0.05, 0.1) is 16.8 Å². The third kappa shape index (κ3) is 3.10. The zero-order chi connectivity index (χ0) is 25.8. The molecule has 0 spiro atoms. The highest BCUT2D eigenvalue weighted by Gasteiger charge is 2.51. The Morgan fingerprint density at radius 3 is 2.29 bits per heavy atom. The quantitative estimate of drug-likeness (QED) is 0.217. The summed E-state index contributed by atoms with van der Waals surface area (Å²) in [5.41, 5.74) is 4.26. The molecule has 4 heterocycles. The number of benzene rings is 4. The van der Waals surface area contributed by atoms with E-state index in [9.17, 15) is 0 Å². The first kappa shape index (κ1) is 22.3. The molecule has 0 aliphatic carbocycles. The van der Waals surface area contributed by atoms with E-state index in [0.717, 1.165) is 38.5 Å². The van der Waals surface area contributed by atoms with Gasteiger partial charge in [0.1, 0.15) is 16.7 Å². The number of oxazole rings is 1. The second-order valence-corrected chi connectivity index (χ2v) is 12.1. The Bertz CT molecular complexity index is 2050. The topological polar surface area (TPSA) is 57.6 Å². The summed E-state index contributed by atoms with van der Waals surface area (Å²) in [4.78, 5) is 4.93. The number of hydrogen-bond acceptors (Lipinski definition) is 6. The third-order valence-corrected chi connectivity index (χ3v) is 9.38. The second kappa shape index (κ2) is 7.47. The normalized spacial score (nSPS) is 17.1. The Morgan fingerprint density at radius 2 is 1.45 bits per heavy atom. The van der Waals surface area contributed by atoms with Crippen LogP contribution < -0.4 is 5.46 Å². The van der Waals surface area contributed by atoms with Crippen LogP contribution in [0.4, 0.5) is 0 Å². The van der Waals surface area contributed by atoms with Crippen molar-refractivity contribution in [1.29, 1.82) is 0 Å². The fraction of sp³-hybridized carbons (Fsp3) is 0.194. The smallest absolute Gasteiger partial charge is 0.456 e. The summed E-state index contributed by atoms with van der Waals surface area (Å²) in [5, 5.41) is 4.48. The van der Waals surface area contributed by atoms with Crippen molar-refractivity contribution < 1.29 is 18.1 Å². The van der Waals surface area contributed by atoms with Gasteiger partial charge in [0, 0.05) is 37.0 Å². The number of hydrogen-bond donors (Lipinski definition) is 0. The molecular weight excluding hydrogens is 493 g/mol. The SMILES string of the molecule is CC1(C)OB(c2ccc3oc4cc5oc(-c6cccc7c6sc6ccccc67)nc5cc4c3c2)OC1(C)C. The standard InChI is InChI=1S/C31H24BNO4S/c1-30(2)31(3,4)37-32(36-30)17-12-13-24-21(14-17)22-15-23-26(16-25(22)34-24)35-29(33-23)20-10-7-9-19-18-8-5-6-11-27(18)38-28(19)20/h5-16H,1-4H3. The van der Waals surface area contributed by atoms with Crippen LogP contribution in [0.25, 0.3) is 64.7 Å². The fourth-order valence-corrected chi connectivity index (χ4v) is 6.58. The van der Waals surface area contributed by atoms with Gasteiger partial charge in [-0.15, -0.1) is 11.3 Å². The molecule has 0 saturated carbocycles. The van der Waals surface area contributed by atoms with Crippen molar-refractivity contribution in [1.82, 2.24) is 4.98 Å². The van der Waals surface area contributed by atoms with Gasteiger partial charge in [-0.25, -0.2) is 4.98 Å². The fourth-order valence-electron chi connectivity index (χ4n) is 5.37. The Kier molecular flexibility index (Phi) is 4.40. The first-order valence-corrected chi connectivity index (χ1v) is 13.6. The second-order valence-electron chi connectivity index (χ2n) is 11.1. The molecule has 1 aliphatic rings. The predicted octanol–water partition coefficient (Wildman–Crippen LogP) is 8.06. The van der Waals surface area contributed by atoms with Gasteiger partial charge in [0.15, 0.2) is 5.58 Å². The van der Waals surface area contributed by atoms with Crippen LogP contribution in [-0.4, -0.2) is 23.3 Å². The van der Waals surface area contributed by atoms with Gasteiger partial charge in [-0.1, -0.05) is 42.5 Å². The van der Waals surface area contributed by atoms with E-state index in [1.807, 2.05) is 18.2 Å². The molecule has 0 N–H and O–H groups in total. The lowest BCUT2D eigenvalue weighted by atomic mass is 9.78. The molecule has 4 aromatic carbocycles. The van der Waals surface area contributed by atoms with Crippen molar-refractivity contribution in [3.05, 3.63) is 72.8 Å². The molecule has 3 aromatic heterocycles. The molecule has 0 atom stereocenters. The van der Waals surface area contributed by atoms with E-state index in [1.54, 1.807) is 11.3 Å². The molecule has 1 saturated heterocycles. The van der Waals surface area contributed by atoms with Crippen LogP contribution in [0.2, 0.25) is 0 Å². The monoisotopic (exact) mass is 517 g/mol. The van der Waals surface area contributed by atoms with Crippen molar-refractivity contribution in [2.45, 2.75) is 38.9 Å². The molecule has 186 valence electrons. The van der Waals surface area contributed by atoms with Crippen molar-refractivity contribution >= 4 is 77.1 Å². The highest BCUT2D eigenvalue weighted by atomic mass is 32.1. The molecule has 7 aromatic rings. The zero-order valence-corrected chi connectivity index (χ0v) is 22.3. The van der Waals surface area contributed by atoms with E-state index >= 15 is 0 Å². The molecular formula is C31H24BNO4S. The van der Waals surface area contributed by atoms with E-state index in [0.29, 0.717) is 11.5 Å². The molecule has 1 fully saturated rings. The maximum atomic E-state index is 6.31. The number of nitrogens with zero attached hydrogens (tertiary/aromatic N) is 1. The number of fused-ring (bicyclic) bond motifs is 7. The van der Waals surface area contributed by atoms with Gasteiger partial charge >= 0.3 is 7.12 Å². The van der Waals surface area contributed by atoms with Crippen LogP contribution in [-0.2, 0) is 9.31 Å². The van der Waals surface area contributed by atoms with Crippen LogP contribution in [0.3, 0.4) is 0 Å². The summed E-state index contributed by atoms with van der Waals surface area (Å²) in [6.07, 6.45) is 0. The highest BCUT2D eigenvalue weighted by molar-refractivity contribution is 7.26. The van der Waals surface area contributed by atoms with Gasteiger partial charge in [0.2, 0.25) is 5.89 Å². The molecule has 7 heteroatoms. The van der Waals surface area contributed by atoms with E-state index in [-0.39, 0.29) is 0 Å². The van der Waals surface area contributed by atoms with Gasteiger partial charge in [-0.2, -0.15) is 0 Å². The Morgan fingerprint density at radius 1 is 0.684 bits per heavy atom. The minimum Gasteiger partial charge on any atom is -0.456 e. The van der Waals surface area contributed by atoms with Gasteiger partial charge in [-0.3, -0.25) is 0 Å². The largest absolute Gasteiger partial charge is 0.494 e. The molecule has 38 heavy (non-hydrogen) atoms. The molecule has 0 bridgehead atoms. The maximum absolute atomic E-state index is 6.31. The van der Waals surface area contributed by atoms with Crippen LogP contribution in [0.15, 0.2) is 81.6 Å². The molecule has 8 rings (SSSR count). The molecule has 0 radical (unpaired) electrons. The Labute approximate surface area is 223 Å². The minimum atomic E-state index is -0.432. The van der Waals surface area contributed by atoms with Crippen molar-refractivity contribution in [3.63, 3.8) is 0 Å². The van der Waals surface area contributed by atoms with Crippen LogP contribution in [0.5, 0.6) is 0 Å². The van der Waals surface area contributed by atoms with Crippen molar-refractivity contribution in [2.24, 2.45) is 0 Å². The lowest BCUT2D eigenvalue weighted by molar-refractivity contribution is 0.00578. The van der Waals surface area contributed by atoms with Crippen molar-refractivity contribution in [3.8, 4) is 11.5 Å². The summed E-state index contributed by atoms with van der Waals surface area (Å²) in [7, 11) is -0.432. The summed E-state index contributed by atoms with van der Waals surface area (Å²) < 4.78 is 27.5. The molecule has 0 amide bonds. The van der Waals surface area contributed by atoms with Crippen LogP contribution in [0.1, 0.15) is 27.7 Å². The molecule has 1 aliphatic heterocycles. The zero-order valence-electron chi connectivity index (χ0n) is 21.5. The first-order chi connectivity index (χ1) is 18.3. The van der Waals surface area contributed by atoms with Crippen molar-refractivity contribution in [2.75, 3.05) is 0 Å². The predicted molar refractivity (Wildman–Crippen MR) is 155 cm³/mol. The molecule has 5 nitrogen and oxygen atoms in total. The van der Waals surface area contributed by atoms with Gasteiger partial charge < -0.3 is 18.1 Å². The molecule has 0 unspecified atom stereocenters. The van der Waals surface area contributed by atoms with Crippen LogP contribution in [0, 0.1) is 0 Å². The average molecular weight is 517 g/mol. The summed E-state index contributed by atoms with van der Waals surface area (Å²) in [5.74, 6) is 0.618. The minimum absolute atomic E-state index is 0.397. The summed E-state index contributed by atoms with van der Waals surface area (Å²) in [6.45, 7) is 8.27. The van der Waals surface area contributed by atoms with E-state index < -0.39 is 18.3 Å². The van der Waals surface area contributed by atoms with Gasteiger partial charge in [-0.05, 0) is 57.4 Å². The lowest BCUT2D eigenvalue weighted by Gasteiger charge is -2.32. The highest BCUT2D eigenvalue weighted by Crippen LogP contribution is 2.41. The Hall–Kier alpha value is -3.65. The Balaban J connectivity index is 1.26. The van der Waals surface area contributed by atoms with Gasteiger partial charge in [0.25, 0.3) is 0 Å².